The van der Waals surface area contributed by atoms with Gasteiger partial charge in [-0.3, -0.25) is 9.59 Å². The zero-order valence-corrected chi connectivity index (χ0v) is 13.8. The van der Waals surface area contributed by atoms with Crippen LogP contribution in [-0.4, -0.2) is 53.9 Å². The minimum absolute atomic E-state index is 0.0611. The first kappa shape index (κ1) is 15.8. The van der Waals surface area contributed by atoms with Crippen molar-refractivity contribution in [2.45, 2.75) is 32.8 Å². The third kappa shape index (κ3) is 3.19. The number of carbonyl (C=O) groups excluding carboxylic acids is 2. The van der Waals surface area contributed by atoms with Gasteiger partial charge in [0.05, 0.1) is 19.0 Å². The van der Waals surface area contributed by atoms with E-state index in [1.165, 1.54) is 5.56 Å². The summed E-state index contributed by atoms with van der Waals surface area (Å²) in [6.45, 7) is 6.54. The van der Waals surface area contributed by atoms with Gasteiger partial charge in [0.15, 0.2) is 0 Å². The summed E-state index contributed by atoms with van der Waals surface area (Å²) in [7, 11) is 0. The van der Waals surface area contributed by atoms with Gasteiger partial charge < -0.3 is 14.5 Å². The molecule has 1 aromatic rings. The van der Waals surface area contributed by atoms with Gasteiger partial charge in [-0.1, -0.05) is 25.1 Å². The molecule has 0 saturated carbocycles. The number of carbonyl (C=O) groups is 2. The molecule has 124 valence electrons. The number of ether oxygens (including phenoxy) is 1. The molecule has 2 saturated heterocycles. The van der Waals surface area contributed by atoms with E-state index < -0.39 is 0 Å². The van der Waals surface area contributed by atoms with E-state index in [1.807, 2.05) is 30.0 Å². The van der Waals surface area contributed by atoms with E-state index in [2.05, 4.69) is 13.0 Å². The molecule has 5 heteroatoms. The van der Waals surface area contributed by atoms with Gasteiger partial charge in [0.1, 0.15) is 11.9 Å². The monoisotopic (exact) mass is 316 g/mol. The Hall–Kier alpha value is -2.04. The molecule has 2 fully saturated rings. The maximum absolute atomic E-state index is 12.4. The summed E-state index contributed by atoms with van der Waals surface area (Å²) < 4.78 is 6.01. The Morgan fingerprint density at radius 2 is 1.96 bits per heavy atom. The molecule has 1 aromatic carbocycles. The molecule has 2 aliphatic rings. The van der Waals surface area contributed by atoms with E-state index in [1.54, 1.807) is 4.90 Å². The molecule has 0 bridgehead atoms. The van der Waals surface area contributed by atoms with Gasteiger partial charge in [-0.2, -0.15) is 0 Å². The van der Waals surface area contributed by atoms with Crippen molar-refractivity contribution in [2.24, 2.45) is 5.92 Å². The summed E-state index contributed by atoms with van der Waals surface area (Å²) in [6, 6.07) is 8.04. The molecular formula is C18H24N2O3. The van der Waals surface area contributed by atoms with Crippen LogP contribution in [0.3, 0.4) is 0 Å². The molecule has 5 nitrogen and oxygen atoms in total. The highest BCUT2D eigenvalue weighted by molar-refractivity contribution is 5.89. The van der Waals surface area contributed by atoms with Crippen LogP contribution in [0.15, 0.2) is 24.3 Å². The van der Waals surface area contributed by atoms with Crippen LogP contribution in [0.2, 0.25) is 0 Å². The maximum atomic E-state index is 12.4. The Labute approximate surface area is 137 Å². The molecule has 2 amide bonds. The van der Waals surface area contributed by atoms with Gasteiger partial charge in [0, 0.05) is 19.5 Å². The molecule has 23 heavy (non-hydrogen) atoms. The fraction of sp³-hybridized carbons (Fsp3) is 0.556. The summed E-state index contributed by atoms with van der Waals surface area (Å²) in [5, 5.41) is 0. The number of nitrogens with zero attached hydrogens (tertiary/aromatic N) is 2. The molecule has 0 spiro atoms. The normalized spacial score (nSPS) is 21.5. The lowest BCUT2D eigenvalue weighted by molar-refractivity contribution is -0.144. The van der Waals surface area contributed by atoms with Gasteiger partial charge >= 0.3 is 0 Å². The molecular weight excluding hydrogens is 292 g/mol. The van der Waals surface area contributed by atoms with Crippen molar-refractivity contribution >= 4 is 11.8 Å². The quantitative estimate of drug-likeness (QED) is 0.831. The number of hydrogen-bond donors (Lipinski definition) is 0. The summed E-state index contributed by atoms with van der Waals surface area (Å²) in [5.74, 6) is 0.931. The van der Waals surface area contributed by atoms with Crippen molar-refractivity contribution < 1.29 is 14.3 Å². The third-order valence-electron chi connectivity index (χ3n) is 4.75. The van der Waals surface area contributed by atoms with Crippen LogP contribution in [0.1, 0.15) is 25.8 Å². The SMILES string of the molecule is CCc1ccccc1OC1CN(C(=O)[C@@H]2CC(=O)N(CC)C2)C1. The Kier molecular flexibility index (Phi) is 4.55. The summed E-state index contributed by atoms with van der Waals surface area (Å²) in [4.78, 5) is 27.8. The van der Waals surface area contributed by atoms with Gasteiger partial charge in [0.2, 0.25) is 11.8 Å². The number of hydrogen-bond acceptors (Lipinski definition) is 3. The molecule has 1 atom stereocenters. The van der Waals surface area contributed by atoms with E-state index in [0.717, 1.165) is 12.2 Å². The van der Waals surface area contributed by atoms with Crippen LogP contribution < -0.4 is 4.74 Å². The predicted octanol–water partition coefficient (Wildman–Crippen LogP) is 1.71. The van der Waals surface area contributed by atoms with Crippen LogP contribution in [0.5, 0.6) is 5.75 Å². The second-order valence-corrected chi connectivity index (χ2v) is 6.28. The Bertz CT molecular complexity index is 596. The van der Waals surface area contributed by atoms with E-state index in [-0.39, 0.29) is 23.8 Å². The number of para-hydroxylation sites is 1. The lowest BCUT2D eigenvalue weighted by Crippen LogP contribution is -2.57. The second kappa shape index (κ2) is 6.60. The van der Waals surface area contributed by atoms with Crippen molar-refractivity contribution in [3.8, 4) is 5.75 Å². The van der Waals surface area contributed by atoms with Crippen LogP contribution in [-0.2, 0) is 16.0 Å². The number of amides is 2. The third-order valence-corrected chi connectivity index (χ3v) is 4.75. The summed E-state index contributed by atoms with van der Waals surface area (Å²) >= 11 is 0. The van der Waals surface area contributed by atoms with E-state index in [9.17, 15) is 9.59 Å². The highest BCUT2D eigenvalue weighted by atomic mass is 16.5. The maximum Gasteiger partial charge on any atom is 0.228 e. The predicted molar refractivity (Wildman–Crippen MR) is 87.2 cm³/mol. The fourth-order valence-electron chi connectivity index (χ4n) is 3.28. The standard InChI is InChI=1S/C18H24N2O3/c1-3-13-7-5-6-8-16(13)23-15-11-20(12-15)18(22)14-9-17(21)19(4-2)10-14/h5-8,14-15H,3-4,9-12H2,1-2H3/t14-/m1/s1. The molecule has 0 N–H and O–H groups in total. The van der Waals surface area contributed by atoms with Crippen molar-refractivity contribution in [1.29, 1.82) is 0 Å². The number of benzene rings is 1. The molecule has 0 unspecified atom stereocenters. The summed E-state index contributed by atoms with van der Waals surface area (Å²) in [5.41, 5.74) is 1.19. The molecule has 3 rings (SSSR count). The molecule has 2 aliphatic heterocycles. The smallest absolute Gasteiger partial charge is 0.228 e. The number of likely N-dealkylation sites (tertiary alicyclic amines) is 2. The number of aryl methyl sites for hydroxylation is 1. The average Bonchev–Trinajstić information content (AvgIpc) is 2.91. The molecule has 2 heterocycles. The fourth-order valence-corrected chi connectivity index (χ4v) is 3.28. The summed E-state index contributed by atoms with van der Waals surface area (Å²) in [6.07, 6.45) is 1.35. The minimum Gasteiger partial charge on any atom is -0.486 e. The first-order chi connectivity index (χ1) is 11.1. The van der Waals surface area contributed by atoms with E-state index in [0.29, 0.717) is 32.6 Å². The Balaban J connectivity index is 1.51. The molecule has 0 aliphatic carbocycles. The largest absolute Gasteiger partial charge is 0.486 e. The topological polar surface area (TPSA) is 49.9 Å². The van der Waals surface area contributed by atoms with Crippen molar-refractivity contribution in [3.63, 3.8) is 0 Å². The van der Waals surface area contributed by atoms with Crippen molar-refractivity contribution in [1.82, 2.24) is 9.80 Å². The zero-order valence-electron chi connectivity index (χ0n) is 13.8. The lowest BCUT2D eigenvalue weighted by atomic mass is 10.0. The first-order valence-corrected chi connectivity index (χ1v) is 8.43. The zero-order chi connectivity index (χ0) is 16.4. The van der Waals surface area contributed by atoms with Gasteiger partial charge in [-0.25, -0.2) is 0 Å². The second-order valence-electron chi connectivity index (χ2n) is 6.28. The van der Waals surface area contributed by atoms with Crippen LogP contribution in [0.4, 0.5) is 0 Å². The van der Waals surface area contributed by atoms with Crippen molar-refractivity contribution in [2.75, 3.05) is 26.2 Å². The van der Waals surface area contributed by atoms with E-state index in [4.69, 9.17) is 4.74 Å². The van der Waals surface area contributed by atoms with Gasteiger partial charge in [0.25, 0.3) is 0 Å². The van der Waals surface area contributed by atoms with Crippen molar-refractivity contribution in [3.05, 3.63) is 29.8 Å². The van der Waals surface area contributed by atoms with E-state index >= 15 is 0 Å². The minimum atomic E-state index is -0.175. The lowest BCUT2D eigenvalue weighted by Gasteiger charge is -2.40. The molecule has 0 radical (unpaired) electrons. The highest BCUT2D eigenvalue weighted by Crippen LogP contribution is 2.26. The number of rotatable bonds is 5. The van der Waals surface area contributed by atoms with Crippen LogP contribution in [0, 0.1) is 5.92 Å². The van der Waals surface area contributed by atoms with Crippen LogP contribution in [0.25, 0.3) is 0 Å². The Morgan fingerprint density at radius 1 is 1.22 bits per heavy atom. The average molecular weight is 316 g/mol. The highest BCUT2D eigenvalue weighted by Gasteiger charge is 2.40. The van der Waals surface area contributed by atoms with Gasteiger partial charge in [-0.05, 0) is 25.0 Å². The Morgan fingerprint density at radius 3 is 2.61 bits per heavy atom. The molecule has 0 aromatic heterocycles. The van der Waals surface area contributed by atoms with Crippen LogP contribution >= 0.6 is 0 Å². The van der Waals surface area contributed by atoms with Gasteiger partial charge in [-0.15, -0.1) is 0 Å². The first-order valence-electron chi connectivity index (χ1n) is 8.43.